The fourth-order valence-electron chi connectivity index (χ4n) is 3.07. The quantitative estimate of drug-likeness (QED) is 0.308. The molecule has 1 unspecified atom stereocenters. The highest BCUT2D eigenvalue weighted by Gasteiger charge is 2.16. The molecule has 1 atom stereocenters. The molecule has 10 heteroatoms. The number of aliphatic hydroxyl groups excluding tert-OH is 1. The Morgan fingerprint density at radius 2 is 1.82 bits per heavy atom. The van der Waals surface area contributed by atoms with Crippen LogP contribution in [-0.4, -0.2) is 78.5 Å². The van der Waals surface area contributed by atoms with Gasteiger partial charge in [-0.05, 0) is 77.6 Å². The fraction of sp³-hybridized carbons (Fsp3) is 0.586. The van der Waals surface area contributed by atoms with Crippen molar-refractivity contribution in [1.29, 1.82) is 10.5 Å². The van der Waals surface area contributed by atoms with Crippen molar-refractivity contribution in [2.24, 2.45) is 5.73 Å². The molecule has 1 aromatic rings. The number of carbonyl (C=O) groups is 2. The number of nitrogens with zero attached hydrogens (tertiary/aromatic N) is 4. The highest BCUT2D eigenvalue weighted by Crippen LogP contribution is 2.20. The number of β-amino-alcohol motifs (C(OH)–C–C–N with tert-alkyl or cyclic N) is 1. The number of nitriles is 2. The molecular weight excluding hydrogens is 512 g/mol. The van der Waals surface area contributed by atoms with E-state index in [1.165, 1.54) is 26.2 Å². The van der Waals surface area contributed by atoms with Crippen molar-refractivity contribution in [3.8, 4) is 12.1 Å². The maximum absolute atomic E-state index is 10.9. The molecule has 0 spiro atoms. The first kappa shape index (κ1) is 40.4. The normalized spacial score (nSPS) is 12.4. The van der Waals surface area contributed by atoms with Gasteiger partial charge in [-0.25, -0.2) is 0 Å². The number of thioether (sulfide) groups is 1. The van der Waals surface area contributed by atoms with Crippen LogP contribution in [0.25, 0.3) is 0 Å². The zero-order valence-electron chi connectivity index (χ0n) is 24.9. The first-order chi connectivity index (χ1) is 18.5. The van der Waals surface area contributed by atoms with Crippen LogP contribution < -0.4 is 11.1 Å². The molecule has 220 valence electrons. The van der Waals surface area contributed by atoms with Crippen molar-refractivity contribution >= 4 is 29.8 Å². The molecule has 1 saturated heterocycles. The number of rotatable bonds is 8. The summed E-state index contributed by atoms with van der Waals surface area (Å²) in [4.78, 5) is 23.6. The number of piperidine rings is 1. The van der Waals surface area contributed by atoms with E-state index >= 15 is 0 Å². The molecule has 4 N–H and O–H groups in total. The van der Waals surface area contributed by atoms with E-state index in [0.29, 0.717) is 17.4 Å². The summed E-state index contributed by atoms with van der Waals surface area (Å²) in [6, 6.07) is 12.1. The molecule has 0 aromatic heterocycles. The fourth-order valence-corrected chi connectivity index (χ4v) is 3.54. The topological polar surface area (TPSA) is 146 Å². The summed E-state index contributed by atoms with van der Waals surface area (Å²) >= 11 is 1.56. The van der Waals surface area contributed by atoms with Crippen LogP contribution in [0.2, 0.25) is 0 Å². The van der Waals surface area contributed by atoms with E-state index < -0.39 is 0 Å². The van der Waals surface area contributed by atoms with Crippen LogP contribution in [-0.2, 0) is 9.59 Å². The van der Waals surface area contributed by atoms with Crippen LogP contribution in [0.1, 0.15) is 65.5 Å². The van der Waals surface area contributed by atoms with Crippen molar-refractivity contribution in [1.82, 2.24) is 9.80 Å². The SMILES string of the molecule is C=C(C)C#N.CC#N.CC(C)Nc1cccc(C(O)CN2CCCCC2)c1.CCN(C)C(=O)CSC.NC=O. The number of carbonyl (C=O) groups excluding carboxylic acids is 2. The third kappa shape index (κ3) is 26.3. The maximum atomic E-state index is 10.9. The first-order valence-electron chi connectivity index (χ1n) is 13.0. The Morgan fingerprint density at radius 3 is 2.23 bits per heavy atom. The van der Waals surface area contributed by atoms with Crippen LogP contribution in [0, 0.1) is 22.7 Å². The standard InChI is InChI=1S/C16H26N2O.C6H13NOS.C4H5N.C2H3N.CH3NO/c1-13(2)17-15-8-6-7-14(11-15)16(19)12-18-9-4-3-5-10-18;1-4-7(2)6(8)5-9-3;1-4(2)3-5;1-2-3;2-1-3/h6-8,11,13,16-17,19H,3-5,9-10,12H2,1-2H3;4-5H2,1-3H3;1H2,2H3;1H3;1H,(H2,2,3). The molecule has 1 aliphatic rings. The van der Waals surface area contributed by atoms with Crippen LogP contribution in [0.5, 0.6) is 0 Å². The molecule has 0 bridgehead atoms. The highest BCUT2D eigenvalue weighted by atomic mass is 32.2. The van der Waals surface area contributed by atoms with Crippen LogP contribution in [0.3, 0.4) is 0 Å². The second-order valence-electron chi connectivity index (χ2n) is 8.89. The summed E-state index contributed by atoms with van der Waals surface area (Å²) < 4.78 is 0. The number of anilines is 1. The number of amides is 2. The van der Waals surface area contributed by atoms with E-state index in [1.807, 2.05) is 38.4 Å². The number of primary amides is 1. The van der Waals surface area contributed by atoms with Crippen LogP contribution in [0.4, 0.5) is 5.69 Å². The smallest absolute Gasteiger partial charge is 0.232 e. The maximum Gasteiger partial charge on any atom is 0.232 e. The number of likely N-dealkylation sites (tertiary alicyclic amines) is 1. The average molecular weight is 563 g/mol. The summed E-state index contributed by atoms with van der Waals surface area (Å²) in [6.45, 7) is 16.4. The van der Waals surface area contributed by atoms with Crippen molar-refractivity contribution in [2.75, 3.05) is 50.6 Å². The Labute approximate surface area is 241 Å². The Kier molecular flexibility index (Phi) is 29.0. The van der Waals surface area contributed by atoms with Crippen LogP contribution in [0.15, 0.2) is 36.4 Å². The van der Waals surface area contributed by atoms with E-state index in [1.54, 1.807) is 29.7 Å². The summed E-state index contributed by atoms with van der Waals surface area (Å²) in [7, 11) is 1.82. The monoisotopic (exact) mass is 562 g/mol. The van der Waals surface area contributed by atoms with Gasteiger partial charge in [-0.15, -0.1) is 0 Å². The molecule has 0 aliphatic carbocycles. The summed E-state index contributed by atoms with van der Waals surface area (Å²) in [6.07, 6.45) is 5.66. The van der Waals surface area contributed by atoms with Gasteiger partial charge in [0.05, 0.1) is 24.0 Å². The Hall–Kier alpha value is -3.05. The Balaban J connectivity index is -0.000000538. The Bertz CT molecular complexity index is 861. The predicted molar refractivity (Wildman–Crippen MR) is 164 cm³/mol. The van der Waals surface area contributed by atoms with Gasteiger partial charge in [0.15, 0.2) is 0 Å². The second kappa shape index (κ2) is 28.0. The molecule has 1 aromatic carbocycles. The highest BCUT2D eigenvalue weighted by molar-refractivity contribution is 7.99. The van der Waals surface area contributed by atoms with Gasteiger partial charge < -0.3 is 26.0 Å². The first-order valence-corrected chi connectivity index (χ1v) is 14.4. The summed E-state index contributed by atoms with van der Waals surface area (Å²) in [5.74, 6) is 0.814. The van der Waals surface area contributed by atoms with Crippen molar-refractivity contribution < 1.29 is 14.7 Å². The van der Waals surface area contributed by atoms with Crippen molar-refractivity contribution in [2.45, 2.75) is 66.0 Å². The average Bonchev–Trinajstić information content (AvgIpc) is 2.90. The van der Waals surface area contributed by atoms with Gasteiger partial charge in [-0.3, -0.25) is 9.59 Å². The molecule has 1 aliphatic heterocycles. The minimum Gasteiger partial charge on any atom is -0.387 e. The molecule has 9 nitrogen and oxygen atoms in total. The number of benzene rings is 1. The molecule has 0 saturated carbocycles. The van der Waals surface area contributed by atoms with Gasteiger partial charge in [0.25, 0.3) is 0 Å². The lowest BCUT2D eigenvalue weighted by molar-refractivity contribution is -0.126. The van der Waals surface area contributed by atoms with E-state index in [4.69, 9.17) is 15.3 Å². The van der Waals surface area contributed by atoms with Gasteiger partial charge in [-0.1, -0.05) is 25.1 Å². The largest absolute Gasteiger partial charge is 0.387 e. The van der Waals surface area contributed by atoms with Gasteiger partial charge in [0.2, 0.25) is 12.3 Å². The molecule has 0 radical (unpaired) electrons. The van der Waals surface area contributed by atoms with E-state index in [9.17, 15) is 9.90 Å². The number of aliphatic hydroxyl groups is 1. The lowest BCUT2D eigenvalue weighted by Crippen LogP contribution is -2.33. The molecule has 1 fully saturated rings. The van der Waals surface area contributed by atoms with Gasteiger partial charge >= 0.3 is 0 Å². The molecule has 2 amide bonds. The number of nitrogens with two attached hydrogens (primary N) is 1. The second-order valence-corrected chi connectivity index (χ2v) is 9.76. The molecule has 39 heavy (non-hydrogen) atoms. The van der Waals surface area contributed by atoms with E-state index in [2.05, 4.69) is 48.5 Å². The number of hydrogen-bond donors (Lipinski definition) is 3. The van der Waals surface area contributed by atoms with Crippen LogP contribution >= 0.6 is 11.8 Å². The van der Waals surface area contributed by atoms with E-state index in [0.717, 1.165) is 37.4 Å². The van der Waals surface area contributed by atoms with E-state index in [-0.39, 0.29) is 18.4 Å². The lowest BCUT2D eigenvalue weighted by Gasteiger charge is -2.28. The number of nitrogens with one attached hydrogen (secondary N) is 1. The van der Waals surface area contributed by atoms with Crippen molar-refractivity contribution in [3.05, 3.63) is 42.0 Å². The molecule has 2 rings (SSSR count). The molecular formula is C29H50N6O3S. The minimum absolute atomic E-state index is 0.213. The van der Waals surface area contributed by atoms with Gasteiger partial charge in [0.1, 0.15) is 0 Å². The van der Waals surface area contributed by atoms with Gasteiger partial charge in [0, 0.05) is 44.4 Å². The number of hydrogen-bond acceptors (Lipinski definition) is 8. The number of allylic oxidation sites excluding steroid dienone is 1. The van der Waals surface area contributed by atoms with Crippen molar-refractivity contribution in [3.63, 3.8) is 0 Å². The third-order valence-corrected chi connectivity index (χ3v) is 5.50. The zero-order chi connectivity index (χ0) is 30.6. The summed E-state index contributed by atoms with van der Waals surface area (Å²) in [5, 5.41) is 28.9. The van der Waals surface area contributed by atoms with Gasteiger partial charge in [-0.2, -0.15) is 22.3 Å². The minimum atomic E-state index is -0.382. The predicted octanol–water partition coefficient (Wildman–Crippen LogP) is 4.57. The summed E-state index contributed by atoms with van der Waals surface area (Å²) in [5.41, 5.74) is 6.83. The third-order valence-electron chi connectivity index (χ3n) is 4.97. The zero-order valence-corrected chi connectivity index (χ0v) is 25.8. The lowest BCUT2D eigenvalue weighted by atomic mass is 10.1. The Morgan fingerprint density at radius 1 is 1.31 bits per heavy atom. The molecule has 1 heterocycles.